The average Bonchev–Trinajstić information content (AvgIpc) is 3.26. The molecule has 4 heterocycles. The van der Waals surface area contributed by atoms with E-state index in [1.165, 1.54) is 19.4 Å². The first kappa shape index (κ1) is 54.8. The molecule has 4 aliphatic rings. The SMILES string of the molecule is C=C[C@](C)(CC/C=C(\C)CC/C=C(\C)CC/C=C(/C)CO[C@@H]1O[C@H](CO)[C@H](O[C@@H]2O[C@@H](C)[C@H](O)[C@@H](O)[C@H]2O)[C@H](O)[C@H]1O)O[C@@H]1O[C@H](CO)[C@@H](O[C@@H]2O[C@@H](C)[C@H](O)[C@@H](O)[C@H]2O)[C@H](O)[C@H]1O. The second kappa shape index (κ2) is 25.0. The Labute approximate surface area is 374 Å². The van der Waals surface area contributed by atoms with Crippen LogP contribution in [0.15, 0.2) is 47.6 Å². The molecular formula is C44H74O20. The minimum atomic E-state index is -1.67. The summed E-state index contributed by atoms with van der Waals surface area (Å²) in [5.41, 5.74) is 2.19. The highest BCUT2D eigenvalue weighted by Crippen LogP contribution is 2.34. The van der Waals surface area contributed by atoms with Gasteiger partial charge in [0.1, 0.15) is 85.5 Å². The van der Waals surface area contributed by atoms with Crippen molar-refractivity contribution < 1.29 is 99.2 Å². The first-order valence-electron chi connectivity index (χ1n) is 22.0. The van der Waals surface area contributed by atoms with Crippen LogP contribution in [-0.2, 0) is 37.9 Å². The molecule has 0 aromatic carbocycles. The van der Waals surface area contributed by atoms with Gasteiger partial charge >= 0.3 is 0 Å². The van der Waals surface area contributed by atoms with Crippen LogP contribution in [0.25, 0.3) is 0 Å². The van der Waals surface area contributed by atoms with Crippen LogP contribution in [0.3, 0.4) is 0 Å². The van der Waals surface area contributed by atoms with Gasteiger partial charge < -0.3 is 99.2 Å². The fourth-order valence-electron chi connectivity index (χ4n) is 7.89. The molecule has 4 rings (SSSR count). The van der Waals surface area contributed by atoms with Crippen LogP contribution < -0.4 is 0 Å². The van der Waals surface area contributed by atoms with Crippen molar-refractivity contribution in [1.82, 2.24) is 0 Å². The molecule has 4 saturated heterocycles. The van der Waals surface area contributed by atoms with Gasteiger partial charge in [0, 0.05) is 0 Å². The Morgan fingerprint density at radius 2 is 0.938 bits per heavy atom. The maximum Gasteiger partial charge on any atom is 0.187 e. The highest BCUT2D eigenvalue weighted by atomic mass is 16.8. The number of ether oxygens (including phenoxy) is 8. The van der Waals surface area contributed by atoms with E-state index in [2.05, 4.69) is 18.7 Å². The predicted octanol–water partition coefficient (Wildman–Crippen LogP) is -1.55. The molecule has 0 aromatic heterocycles. The zero-order valence-corrected chi connectivity index (χ0v) is 37.6. The van der Waals surface area contributed by atoms with Crippen molar-refractivity contribution in [2.75, 3.05) is 19.8 Å². The molecule has 0 aliphatic carbocycles. The zero-order valence-electron chi connectivity index (χ0n) is 37.6. The molecule has 0 bridgehead atoms. The Bertz CT molecular complexity index is 1530. The van der Waals surface area contributed by atoms with Crippen LogP contribution >= 0.6 is 0 Å². The molecule has 0 aromatic rings. The third kappa shape index (κ3) is 14.1. The van der Waals surface area contributed by atoms with Gasteiger partial charge in [-0.2, -0.15) is 0 Å². The van der Waals surface area contributed by atoms with Gasteiger partial charge in [0.2, 0.25) is 0 Å². The van der Waals surface area contributed by atoms with E-state index < -0.39 is 142 Å². The Morgan fingerprint density at radius 3 is 1.39 bits per heavy atom. The lowest BCUT2D eigenvalue weighted by Crippen LogP contribution is -2.64. The molecule has 0 radical (unpaired) electrons. The zero-order chi connectivity index (χ0) is 47.6. The topological polar surface area (TPSA) is 317 Å². The molecule has 4 fully saturated rings. The van der Waals surface area contributed by atoms with Crippen molar-refractivity contribution in [3.05, 3.63) is 47.6 Å². The number of rotatable bonds is 21. The number of aliphatic hydroxyl groups excluding tert-OH is 12. The molecule has 0 amide bonds. The highest BCUT2D eigenvalue weighted by molar-refractivity contribution is 5.08. The molecule has 0 saturated carbocycles. The van der Waals surface area contributed by atoms with Gasteiger partial charge in [-0.15, -0.1) is 6.58 Å². The van der Waals surface area contributed by atoms with E-state index in [1.54, 1.807) is 13.0 Å². The van der Waals surface area contributed by atoms with E-state index in [0.717, 1.165) is 36.8 Å². The molecule has 12 N–H and O–H groups in total. The largest absolute Gasteiger partial charge is 0.394 e. The van der Waals surface area contributed by atoms with E-state index in [4.69, 9.17) is 37.9 Å². The third-order valence-electron chi connectivity index (χ3n) is 12.3. The standard InChI is InChI=1S/C44H74O20/c1-8-44(7,64-43-37(56)33(52)39(27(19-46)61-43)63-42-35(54)31(50)29(48)25(6)59-42)17-11-16-22(3)13-9-12-21(2)14-10-15-23(4)20-57-40-36(55)32(51)38(26(18-45)60-40)62-41-34(53)30(49)28(47)24(5)58-41/h8,12,15-16,24-43,45-56H,1,9-11,13-14,17-20H2,2-7H3/b21-12+,22-16+,23-15-/t24-,25-,26+,27+,28-,29-,30+,31+,32+,33+,34+,35+,36+,37+,38-,39+,40+,41-,42-,43-,44+/m0/s1. The Morgan fingerprint density at radius 1 is 0.531 bits per heavy atom. The van der Waals surface area contributed by atoms with Gasteiger partial charge in [0.15, 0.2) is 25.2 Å². The smallest absolute Gasteiger partial charge is 0.187 e. The number of allylic oxidation sites excluding steroid dienone is 5. The summed E-state index contributed by atoms with van der Waals surface area (Å²) < 4.78 is 45.6. The second-order valence-electron chi connectivity index (χ2n) is 17.7. The van der Waals surface area contributed by atoms with E-state index in [-0.39, 0.29) is 6.61 Å². The second-order valence-corrected chi connectivity index (χ2v) is 17.7. The van der Waals surface area contributed by atoms with Crippen LogP contribution in [0.2, 0.25) is 0 Å². The maximum atomic E-state index is 11.0. The molecule has 4 aliphatic heterocycles. The first-order valence-corrected chi connectivity index (χ1v) is 22.0. The Hall–Kier alpha value is -1.84. The molecule has 64 heavy (non-hydrogen) atoms. The lowest BCUT2D eigenvalue weighted by molar-refractivity contribution is -0.363. The van der Waals surface area contributed by atoms with Gasteiger partial charge in [0.25, 0.3) is 0 Å². The van der Waals surface area contributed by atoms with Crippen molar-refractivity contribution in [1.29, 1.82) is 0 Å². The summed E-state index contributed by atoms with van der Waals surface area (Å²) in [6, 6.07) is 0. The normalized spacial score (nSPS) is 42.6. The highest BCUT2D eigenvalue weighted by Gasteiger charge is 2.52. The van der Waals surface area contributed by atoms with Gasteiger partial charge in [0.05, 0.1) is 37.6 Å². The summed E-state index contributed by atoms with van der Waals surface area (Å²) in [5, 5.41) is 124. The summed E-state index contributed by atoms with van der Waals surface area (Å²) in [6.45, 7) is 13.3. The van der Waals surface area contributed by atoms with E-state index in [1.807, 2.05) is 26.8 Å². The van der Waals surface area contributed by atoms with Crippen LogP contribution in [0, 0.1) is 0 Å². The van der Waals surface area contributed by atoms with Crippen molar-refractivity contribution in [3.8, 4) is 0 Å². The Balaban J connectivity index is 1.17. The molecule has 0 spiro atoms. The lowest BCUT2D eigenvalue weighted by atomic mass is 9.95. The van der Waals surface area contributed by atoms with Crippen molar-refractivity contribution in [2.24, 2.45) is 0 Å². The fraction of sp³-hybridized carbons (Fsp3) is 0.818. The summed E-state index contributed by atoms with van der Waals surface area (Å²) in [4.78, 5) is 0. The van der Waals surface area contributed by atoms with E-state index in [9.17, 15) is 61.3 Å². The molecule has 20 nitrogen and oxygen atoms in total. The van der Waals surface area contributed by atoms with Gasteiger partial charge in [-0.1, -0.05) is 41.0 Å². The quantitative estimate of drug-likeness (QED) is 0.0580. The molecule has 0 unspecified atom stereocenters. The molecular weight excluding hydrogens is 848 g/mol. The van der Waals surface area contributed by atoms with Gasteiger partial charge in [-0.05, 0) is 80.1 Å². The lowest BCUT2D eigenvalue weighted by Gasteiger charge is -2.47. The molecule has 20 heteroatoms. The van der Waals surface area contributed by atoms with E-state index >= 15 is 0 Å². The monoisotopic (exact) mass is 922 g/mol. The van der Waals surface area contributed by atoms with Gasteiger partial charge in [-0.3, -0.25) is 0 Å². The Kier molecular flexibility index (Phi) is 21.4. The predicted molar refractivity (Wildman–Crippen MR) is 225 cm³/mol. The van der Waals surface area contributed by atoms with Crippen LogP contribution in [0.4, 0.5) is 0 Å². The van der Waals surface area contributed by atoms with Crippen molar-refractivity contribution in [2.45, 2.75) is 208 Å². The summed E-state index contributed by atoms with van der Waals surface area (Å²) >= 11 is 0. The fourth-order valence-corrected chi connectivity index (χ4v) is 7.89. The van der Waals surface area contributed by atoms with Crippen LogP contribution in [-0.4, -0.2) is 210 Å². The van der Waals surface area contributed by atoms with Crippen LogP contribution in [0.5, 0.6) is 0 Å². The molecule has 370 valence electrons. The third-order valence-corrected chi connectivity index (χ3v) is 12.3. The average molecular weight is 923 g/mol. The number of hydrogen-bond donors (Lipinski definition) is 12. The van der Waals surface area contributed by atoms with Crippen molar-refractivity contribution in [3.63, 3.8) is 0 Å². The first-order chi connectivity index (χ1) is 30.2. The van der Waals surface area contributed by atoms with Gasteiger partial charge in [-0.25, -0.2) is 0 Å². The summed E-state index contributed by atoms with van der Waals surface area (Å²) in [5.74, 6) is 0. The van der Waals surface area contributed by atoms with E-state index in [0.29, 0.717) is 12.8 Å². The minimum Gasteiger partial charge on any atom is -0.394 e. The number of aliphatic hydroxyl groups is 12. The molecule has 21 atom stereocenters. The summed E-state index contributed by atoms with van der Waals surface area (Å²) in [6.07, 6.45) is -16.2. The minimum absolute atomic E-state index is 0.0720. The van der Waals surface area contributed by atoms with Crippen LogP contribution in [0.1, 0.15) is 80.1 Å². The summed E-state index contributed by atoms with van der Waals surface area (Å²) in [7, 11) is 0. The maximum absolute atomic E-state index is 11.0. The van der Waals surface area contributed by atoms with Crippen molar-refractivity contribution >= 4 is 0 Å². The number of hydrogen-bond acceptors (Lipinski definition) is 20.